The topological polar surface area (TPSA) is 35.6 Å². The lowest BCUT2D eigenvalue weighted by Gasteiger charge is -2.11. The van der Waals surface area contributed by atoms with Crippen LogP contribution in [0.1, 0.15) is 17.9 Å². The Balaban J connectivity index is 2.45. The molecule has 0 aliphatic rings. The van der Waals surface area contributed by atoms with Gasteiger partial charge < -0.3 is 4.57 Å². The third kappa shape index (κ3) is 2.86. The van der Waals surface area contributed by atoms with Crippen molar-refractivity contribution in [1.82, 2.24) is 19.3 Å². The molecule has 8 heteroatoms. The molecule has 106 valence electrons. The fourth-order valence-electron chi connectivity index (χ4n) is 2.13. The first-order valence-electron chi connectivity index (χ1n) is 5.85. The number of nitrogens with zero attached hydrogens (tertiary/aromatic N) is 4. The first kappa shape index (κ1) is 14.2. The van der Waals surface area contributed by atoms with Gasteiger partial charge in [0.15, 0.2) is 5.65 Å². The number of fused-ring (bicyclic) bond motifs is 1. The van der Waals surface area contributed by atoms with Gasteiger partial charge in [-0.05, 0) is 6.92 Å². The van der Waals surface area contributed by atoms with E-state index in [1.807, 2.05) is 0 Å². The number of aryl methyl sites for hydroxylation is 4. The van der Waals surface area contributed by atoms with Crippen molar-refractivity contribution in [2.75, 3.05) is 5.88 Å². The van der Waals surface area contributed by atoms with Crippen LogP contribution in [-0.4, -0.2) is 31.4 Å². The van der Waals surface area contributed by atoms with Crippen molar-refractivity contribution in [3.8, 4) is 0 Å². The van der Waals surface area contributed by atoms with Gasteiger partial charge in [-0.3, -0.25) is 4.68 Å². The van der Waals surface area contributed by atoms with Crippen LogP contribution in [0.4, 0.5) is 13.2 Å². The summed E-state index contributed by atoms with van der Waals surface area (Å²) in [5, 5.41) is 4.18. The Morgan fingerprint density at radius 1 is 1.32 bits per heavy atom. The van der Waals surface area contributed by atoms with Crippen LogP contribution in [0.5, 0.6) is 0 Å². The molecule has 2 heterocycles. The summed E-state index contributed by atoms with van der Waals surface area (Å²) in [4.78, 5) is 4.35. The largest absolute Gasteiger partial charge is 0.390 e. The van der Waals surface area contributed by atoms with E-state index in [1.54, 1.807) is 23.2 Å². The predicted octanol–water partition coefficient (Wildman–Crippen LogP) is 2.81. The lowest BCUT2D eigenvalue weighted by atomic mass is 10.4. The monoisotopic (exact) mass is 294 g/mol. The molecule has 0 N–H and O–H groups in total. The van der Waals surface area contributed by atoms with Crippen molar-refractivity contribution in [3.63, 3.8) is 0 Å². The van der Waals surface area contributed by atoms with Crippen LogP contribution in [0, 0.1) is 6.92 Å². The zero-order valence-corrected chi connectivity index (χ0v) is 11.4. The Hall–Kier alpha value is -1.24. The Labute approximate surface area is 113 Å². The molecule has 19 heavy (non-hydrogen) atoms. The van der Waals surface area contributed by atoms with Crippen molar-refractivity contribution >= 4 is 22.8 Å². The first-order valence-corrected chi connectivity index (χ1v) is 6.38. The maximum absolute atomic E-state index is 12.4. The summed E-state index contributed by atoms with van der Waals surface area (Å²) in [6.45, 7) is 1.62. The molecule has 2 aromatic rings. The summed E-state index contributed by atoms with van der Waals surface area (Å²) in [6, 6.07) is 0. The molecule has 0 saturated carbocycles. The highest BCUT2D eigenvalue weighted by atomic mass is 35.5. The molecule has 0 bridgehead atoms. The third-order valence-corrected chi connectivity index (χ3v) is 3.10. The van der Waals surface area contributed by atoms with Crippen molar-refractivity contribution in [2.24, 2.45) is 7.05 Å². The molecule has 4 nitrogen and oxygen atoms in total. The Bertz CT molecular complexity index is 585. The van der Waals surface area contributed by atoms with Crippen LogP contribution in [0.25, 0.3) is 11.2 Å². The highest BCUT2D eigenvalue weighted by molar-refractivity contribution is 6.17. The quantitative estimate of drug-likeness (QED) is 0.813. The second-order valence-corrected chi connectivity index (χ2v) is 4.74. The second-order valence-electron chi connectivity index (χ2n) is 4.37. The molecule has 0 unspecified atom stereocenters. The molecule has 0 spiro atoms. The number of alkyl halides is 4. The van der Waals surface area contributed by atoms with Crippen molar-refractivity contribution < 1.29 is 13.2 Å². The molecular weight excluding hydrogens is 281 g/mol. The lowest BCUT2D eigenvalue weighted by Crippen LogP contribution is -2.15. The van der Waals surface area contributed by atoms with Gasteiger partial charge in [0.05, 0.1) is 12.1 Å². The zero-order valence-electron chi connectivity index (χ0n) is 10.6. The smallest absolute Gasteiger partial charge is 0.313 e. The number of imidazole rings is 1. The number of halogens is 4. The van der Waals surface area contributed by atoms with E-state index >= 15 is 0 Å². The van der Waals surface area contributed by atoms with Gasteiger partial charge in [-0.25, -0.2) is 4.98 Å². The first-order chi connectivity index (χ1) is 8.83. The molecular formula is C11H14ClF3N4. The number of aromatic nitrogens is 4. The van der Waals surface area contributed by atoms with E-state index < -0.39 is 12.6 Å². The van der Waals surface area contributed by atoms with Gasteiger partial charge in [0.2, 0.25) is 0 Å². The minimum Gasteiger partial charge on any atom is -0.313 e. The number of rotatable bonds is 4. The third-order valence-electron chi connectivity index (χ3n) is 2.91. The van der Waals surface area contributed by atoms with Crippen LogP contribution in [0.2, 0.25) is 0 Å². The molecule has 0 aromatic carbocycles. The van der Waals surface area contributed by atoms with E-state index in [0.717, 1.165) is 0 Å². The van der Waals surface area contributed by atoms with Crippen LogP contribution in [0.15, 0.2) is 0 Å². The van der Waals surface area contributed by atoms with Crippen LogP contribution in [0.3, 0.4) is 0 Å². The lowest BCUT2D eigenvalue weighted by molar-refractivity contribution is -0.136. The summed E-state index contributed by atoms with van der Waals surface area (Å²) >= 11 is 5.67. The second kappa shape index (κ2) is 5.03. The van der Waals surface area contributed by atoms with Gasteiger partial charge in [0.25, 0.3) is 0 Å². The maximum atomic E-state index is 12.4. The molecule has 0 radical (unpaired) electrons. The SMILES string of the molecule is Cc1nn(C)c2c1nc(CCCl)n2CCC(F)(F)F. The van der Waals surface area contributed by atoms with Gasteiger partial charge >= 0.3 is 6.18 Å². The predicted molar refractivity (Wildman–Crippen MR) is 66.3 cm³/mol. The molecule has 2 aromatic heterocycles. The van der Waals surface area contributed by atoms with Gasteiger partial charge in [0, 0.05) is 25.9 Å². The maximum Gasteiger partial charge on any atom is 0.390 e. The highest BCUT2D eigenvalue weighted by Gasteiger charge is 2.28. The molecule has 2 rings (SSSR count). The molecule has 0 atom stereocenters. The summed E-state index contributed by atoms with van der Waals surface area (Å²) in [5.74, 6) is 0.896. The minimum atomic E-state index is -4.19. The van der Waals surface area contributed by atoms with E-state index in [4.69, 9.17) is 11.6 Å². The Morgan fingerprint density at radius 3 is 2.58 bits per heavy atom. The standard InChI is InChI=1S/C11H14ClF3N4/c1-7-9-10(18(2)17-7)19(6-4-11(13,14)15)8(16-9)3-5-12/h3-6H2,1-2H3. The van der Waals surface area contributed by atoms with E-state index in [1.165, 1.54) is 0 Å². The van der Waals surface area contributed by atoms with E-state index in [9.17, 15) is 13.2 Å². The molecule has 0 saturated heterocycles. The average Bonchev–Trinajstić information content (AvgIpc) is 2.76. The Kier molecular flexibility index (Phi) is 3.75. The van der Waals surface area contributed by atoms with Crippen LogP contribution < -0.4 is 0 Å². The zero-order chi connectivity index (χ0) is 14.2. The van der Waals surface area contributed by atoms with Crippen LogP contribution in [-0.2, 0) is 20.0 Å². The van der Waals surface area contributed by atoms with Gasteiger partial charge in [0.1, 0.15) is 11.3 Å². The van der Waals surface area contributed by atoms with Crippen molar-refractivity contribution in [1.29, 1.82) is 0 Å². The average molecular weight is 295 g/mol. The molecule has 0 aliphatic heterocycles. The van der Waals surface area contributed by atoms with Crippen LogP contribution >= 0.6 is 11.6 Å². The van der Waals surface area contributed by atoms with Gasteiger partial charge in [-0.1, -0.05) is 0 Å². The molecule has 0 fully saturated rings. The van der Waals surface area contributed by atoms with Crippen molar-refractivity contribution in [2.45, 2.75) is 32.5 Å². The number of hydrogen-bond donors (Lipinski definition) is 0. The normalized spacial score (nSPS) is 12.5. The van der Waals surface area contributed by atoms with Gasteiger partial charge in [-0.15, -0.1) is 11.6 Å². The highest BCUT2D eigenvalue weighted by Crippen LogP contribution is 2.24. The summed E-state index contributed by atoms with van der Waals surface area (Å²) in [7, 11) is 1.70. The van der Waals surface area contributed by atoms with Gasteiger partial charge in [-0.2, -0.15) is 18.3 Å². The van der Waals surface area contributed by atoms with E-state index in [0.29, 0.717) is 35.0 Å². The van der Waals surface area contributed by atoms with Crippen molar-refractivity contribution in [3.05, 3.63) is 11.5 Å². The number of hydrogen-bond acceptors (Lipinski definition) is 2. The Morgan fingerprint density at radius 2 is 2.00 bits per heavy atom. The molecule has 0 amide bonds. The summed E-state index contributed by atoms with van der Waals surface area (Å²) in [6.07, 6.45) is -4.64. The summed E-state index contributed by atoms with van der Waals surface area (Å²) in [5.41, 5.74) is 1.96. The van der Waals surface area contributed by atoms with E-state index in [-0.39, 0.29) is 6.54 Å². The van der Waals surface area contributed by atoms with E-state index in [2.05, 4.69) is 10.1 Å². The fraction of sp³-hybridized carbons (Fsp3) is 0.636. The fourth-order valence-corrected chi connectivity index (χ4v) is 2.30. The minimum absolute atomic E-state index is 0.162. The molecule has 0 aliphatic carbocycles. The summed E-state index contributed by atoms with van der Waals surface area (Å²) < 4.78 is 40.3.